The second-order valence-corrected chi connectivity index (χ2v) is 6.73. The molecule has 0 spiro atoms. The predicted octanol–water partition coefficient (Wildman–Crippen LogP) is 3.57. The second kappa shape index (κ2) is 4.88. The van der Waals surface area contributed by atoms with Crippen molar-refractivity contribution in [2.24, 2.45) is 0 Å². The van der Waals surface area contributed by atoms with Gasteiger partial charge in [0.15, 0.2) is 0 Å². The third-order valence-electron chi connectivity index (χ3n) is 4.50. The van der Waals surface area contributed by atoms with Gasteiger partial charge in [-0.25, -0.2) is 4.98 Å². The van der Waals surface area contributed by atoms with Gasteiger partial charge in [-0.3, -0.25) is 0 Å². The third kappa shape index (κ3) is 2.14. The lowest BCUT2D eigenvalue weighted by Crippen LogP contribution is -2.43. The molecule has 2 aromatic rings. The molecule has 1 aliphatic heterocycles. The molecule has 1 saturated heterocycles. The number of fused-ring (bicyclic) bond motifs is 1. The first kappa shape index (κ1) is 13.6. The minimum atomic E-state index is 0.148. The predicted molar refractivity (Wildman–Crippen MR) is 84.3 cm³/mol. The Labute approximate surface area is 121 Å². The van der Waals surface area contributed by atoms with Crippen LogP contribution in [0.25, 0.3) is 11.0 Å². The highest BCUT2D eigenvalue weighted by Gasteiger charge is 2.34. The minimum absolute atomic E-state index is 0.148. The van der Waals surface area contributed by atoms with Gasteiger partial charge in [-0.1, -0.05) is 13.0 Å². The van der Waals surface area contributed by atoms with E-state index in [1.54, 1.807) is 0 Å². The largest absolute Gasteiger partial charge is 0.325 e. The van der Waals surface area contributed by atoms with Crippen LogP contribution in [0.1, 0.15) is 51.0 Å². The van der Waals surface area contributed by atoms with E-state index in [9.17, 15) is 0 Å². The highest BCUT2D eigenvalue weighted by Crippen LogP contribution is 2.34. The topological polar surface area (TPSA) is 29.9 Å². The van der Waals surface area contributed by atoms with Crippen LogP contribution in [0.3, 0.4) is 0 Å². The van der Waals surface area contributed by atoms with E-state index < -0.39 is 0 Å². The summed E-state index contributed by atoms with van der Waals surface area (Å²) in [4.78, 5) is 5.01. The Kier molecular flexibility index (Phi) is 3.33. The van der Waals surface area contributed by atoms with Crippen LogP contribution in [0, 0.1) is 6.92 Å². The fourth-order valence-corrected chi connectivity index (χ4v) is 3.40. The molecule has 0 radical (unpaired) electrons. The van der Waals surface area contributed by atoms with Gasteiger partial charge in [0.2, 0.25) is 0 Å². The molecule has 1 aliphatic rings. The van der Waals surface area contributed by atoms with E-state index in [2.05, 4.69) is 55.8 Å². The van der Waals surface area contributed by atoms with Crippen LogP contribution in [-0.4, -0.2) is 22.6 Å². The van der Waals surface area contributed by atoms with Crippen LogP contribution in [0.4, 0.5) is 0 Å². The average molecular weight is 271 g/mol. The van der Waals surface area contributed by atoms with E-state index in [1.807, 2.05) is 0 Å². The van der Waals surface area contributed by atoms with Crippen LogP contribution in [0.5, 0.6) is 0 Å². The molecule has 1 aromatic heterocycles. The zero-order valence-corrected chi connectivity index (χ0v) is 13.0. The standard InChI is InChI=1S/C17H25N3/c1-12(2)20-15-7-6-13(3)10-14(15)19-16(20)17(4)8-5-9-18-11-17/h6-7,10,12,18H,5,8-9,11H2,1-4H3. The van der Waals surface area contributed by atoms with Crippen molar-refractivity contribution < 1.29 is 0 Å². The lowest BCUT2D eigenvalue weighted by Gasteiger charge is -2.34. The van der Waals surface area contributed by atoms with Gasteiger partial charge in [-0.15, -0.1) is 0 Å². The van der Waals surface area contributed by atoms with Crippen LogP contribution < -0.4 is 5.32 Å². The Bertz CT molecular complexity index is 618. The van der Waals surface area contributed by atoms with Gasteiger partial charge in [0.25, 0.3) is 0 Å². The van der Waals surface area contributed by atoms with Gasteiger partial charge in [0.05, 0.1) is 11.0 Å². The van der Waals surface area contributed by atoms with E-state index in [4.69, 9.17) is 4.98 Å². The molecular weight excluding hydrogens is 246 g/mol. The minimum Gasteiger partial charge on any atom is -0.325 e. The number of nitrogens with zero attached hydrogens (tertiary/aromatic N) is 2. The summed E-state index contributed by atoms with van der Waals surface area (Å²) >= 11 is 0. The fourth-order valence-electron chi connectivity index (χ4n) is 3.40. The summed E-state index contributed by atoms with van der Waals surface area (Å²) in [5.74, 6) is 1.25. The molecule has 0 bridgehead atoms. The van der Waals surface area contributed by atoms with Gasteiger partial charge in [-0.05, 0) is 57.9 Å². The molecule has 1 unspecified atom stereocenters. The number of hydrogen-bond donors (Lipinski definition) is 1. The first-order chi connectivity index (χ1) is 9.51. The second-order valence-electron chi connectivity index (χ2n) is 6.73. The molecule has 3 nitrogen and oxygen atoms in total. The molecule has 1 fully saturated rings. The van der Waals surface area contributed by atoms with Crippen molar-refractivity contribution in [2.45, 2.75) is 52.0 Å². The van der Waals surface area contributed by atoms with Crippen molar-refractivity contribution in [3.05, 3.63) is 29.6 Å². The number of imidazole rings is 1. The zero-order chi connectivity index (χ0) is 14.3. The Morgan fingerprint density at radius 2 is 2.15 bits per heavy atom. The Morgan fingerprint density at radius 1 is 1.35 bits per heavy atom. The zero-order valence-electron chi connectivity index (χ0n) is 13.0. The van der Waals surface area contributed by atoms with Crippen molar-refractivity contribution in [2.75, 3.05) is 13.1 Å². The van der Waals surface area contributed by atoms with E-state index in [0.29, 0.717) is 6.04 Å². The van der Waals surface area contributed by atoms with Crippen LogP contribution in [-0.2, 0) is 5.41 Å². The molecule has 0 amide bonds. The van der Waals surface area contributed by atoms with Gasteiger partial charge >= 0.3 is 0 Å². The van der Waals surface area contributed by atoms with Crippen LogP contribution in [0.15, 0.2) is 18.2 Å². The first-order valence-electron chi connectivity index (χ1n) is 7.71. The summed E-state index contributed by atoms with van der Waals surface area (Å²) in [6, 6.07) is 7.06. The fraction of sp³-hybridized carbons (Fsp3) is 0.588. The molecule has 20 heavy (non-hydrogen) atoms. The van der Waals surface area contributed by atoms with Crippen molar-refractivity contribution in [1.82, 2.24) is 14.9 Å². The summed E-state index contributed by atoms with van der Waals surface area (Å²) in [6.45, 7) is 11.2. The molecule has 2 heterocycles. The summed E-state index contributed by atoms with van der Waals surface area (Å²) < 4.78 is 2.43. The molecule has 1 aromatic carbocycles. The van der Waals surface area contributed by atoms with Gasteiger partial charge in [0, 0.05) is 18.0 Å². The highest BCUT2D eigenvalue weighted by molar-refractivity contribution is 5.77. The van der Waals surface area contributed by atoms with Crippen molar-refractivity contribution in [3.8, 4) is 0 Å². The molecule has 3 rings (SSSR count). The third-order valence-corrected chi connectivity index (χ3v) is 4.50. The maximum atomic E-state index is 5.01. The summed E-state index contributed by atoms with van der Waals surface area (Å²) in [7, 11) is 0. The first-order valence-corrected chi connectivity index (χ1v) is 7.71. The maximum absolute atomic E-state index is 5.01. The van der Waals surface area contributed by atoms with Crippen LogP contribution >= 0.6 is 0 Å². The summed E-state index contributed by atoms with van der Waals surface area (Å²) in [5, 5.41) is 3.54. The lowest BCUT2D eigenvalue weighted by molar-refractivity contribution is 0.310. The molecular formula is C17H25N3. The van der Waals surface area contributed by atoms with E-state index in [0.717, 1.165) is 18.6 Å². The number of rotatable bonds is 2. The molecule has 1 N–H and O–H groups in total. The highest BCUT2D eigenvalue weighted by atomic mass is 15.1. The average Bonchev–Trinajstić information content (AvgIpc) is 2.78. The number of benzene rings is 1. The smallest absolute Gasteiger partial charge is 0.117 e. The Morgan fingerprint density at radius 3 is 2.80 bits per heavy atom. The number of aromatic nitrogens is 2. The molecule has 0 aliphatic carbocycles. The van der Waals surface area contributed by atoms with Gasteiger partial charge < -0.3 is 9.88 Å². The van der Waals surface area contributed by atoms with Gasteiger partial charge in [-0.2, -0.15) is 0 Å². The van der Waals surface area contributed by atoms with Crippen molar-refractivity contribution in [3.63, 3.8) is 0 Å². The van der Waals surface area contributed by atoms with Crippen molar-refractivity contribution >= 4 is 11.0 Å². The summed E-state index contributed by atoms with van der Waals surface area (Å²) in [5.41, 5.74) is 3.84. The quantitative estimate of drug-likeness (QED) is 0.905. The number of aryl methyl sites for hydroxylation is 1. The molecule has 1 atom stereocenters. The SMILES string of the molecule is Cc1ccc2c(c1)nc(C1(C)CCCNC1)n2C(C)C. The Balaban J connectivity index is 2.21. The number of hydrogen-bond acceptors (Lipinski definition) is 2. The Hall–Kier alpha value is -1.35. The lowest BCUT2D eigenvalue weighted by atomic mass is 9.81. The van der Waals surface area contributed by atoms with E-state index >= 15 is 0 Å². The van der Waals surface area contributed by atoms with Crippen LogP contribution in [0.2, 0.25) is 0 Å². The van der Waals surface area contributed by atoms with E-state index in [-0.39, 0.29) is 5.41 Å². The normalized spacial score (nSPS) is 23.6. The molecule has 0 saturated carbocycles. The monoisotopic (exact) mass is 271 g/mol. The molecule has 108 valence electrons. The maximum Gasteiger partial charge on any atom is 0.117 e. The number of nitrogens with one attached hydrogen (secondary N) is 1. The van der Waals surface area contributed by atoms with E-state index in [1.165, 1.54) is 29.7 Å². The summed E-state index contributed by atoms with van der Waals surface area (Å²) in [6.07, 6.45) is 2.45. The van der Waals surface area contributed by atoms with Crippen molar-refractivity contribution in [1.29, 1.82) is 0 Å². The van der Waals surface area contributed by atoms with Gasteiger partial charge in [0.1, 0.15) is 5.82 Å². The molecule has 3 heteroatoms. The number of piperidine rings is 1.